The van der Waals surface area contributed by atoms with Gasteiger partial charge >= 0.3 is 0 Å². The Kier molecular flexibility index (Phi) is 3.30. The molecule has 0 aliphatic heterocycles. The molecule has 1 aromatic carbocycles. The summed E-state index contributed by atoms with van der Waals surface area (Å²) >= 11 is 0. The van der Waals surface area contributed by atoms with Crippen molar-refractivity contribution in [1.29, 1.82) is 0 Å². The fourth-order valence-electron chi connectivity index (χ4n) is 2.21. The molecule has 2 heteroatoms. The third kappa shape index (κ3) is 2.12. The Morgan fingerprint density at radius 3 is 3.06 bits per heavy atom. The topological polar surface area (TPSA) is 38.0 Å². The zero-order valence-electron chi connectivity index (χ0n) is 10.0. The highest BCUT2D eigenvalue weighted by atomic mass is 14.9. The first-order valence-corrected chi connectivity index (χ1v) is 6.03. The summed E-state index contributed by atoms with van der Waals surface area (Å²) in [6.45, 7) is 4.42. The zero-order valence-corrected chi connectivity index (χ0v) is 10.0. The molecule has 86 valence electrons. The summed E-state index contributed by atoms with van der Waals surface area (Å²) < 4.78 is 0. The standard InChI is InChI=1S/C14H20N2/c1-3-10(2)16-13-9-5-7-11-6-4-8-12(15)14(11)13/h4-8,10,13,16H,3,9,15H2,1-2H3. The number of benzene rings is 1. The molecule has 0 saturated heterocycles. The van der Waals surface area contributed by atoms with Crippen molar-refractivity contribution in [3.63, 3.8) is 0 Å². The van der Waals surface area contributed by atoms with Crippen LogP contribution in [0.5, 0.6) is 0 Å². The lowest BCUT2D eigenvalue weighted by atomic mass is 9.91. The summed E-state index contributed by atoms with van der Waals surface area (Å²) in [7, 11) is 0. The molecule has 0 amide bonds. The molecule has 2 nitrogen and oxygen atoms in total. The molecule has 1 aliphatic carbocycles. The lowest BCUT2D eigenvalue weighted by molar-refractivity contribution is 0.447. The van der Waals surface area contributed by atoms with Crippen LogP contribution in [0.4, 0.5) is 5.69 Å². The van der Waals surface area contributed by atoms with Crippen molar-refractivity contribution < 1.29 is 0 Å². The van der Waals surface area contributed by atoms with Crippen molar-refractivity contribution in [1.82, 2.24) is 5.32 Å². The first-order chi connectivity index (χ1) is 7.72. The SMILES string of the molecule is CCC(C)NC1CC=Cc2cccc(N)c21. The number of hydrogen-bond donors (Lipinski definition) is 2. The minimum atomic E-state index is 0.371. The highest BCUT2D eigenvalue weighted by molar-refractivity contribution is 5.66. The number of nitrogens with one attached hydrogen (secondary N) is 1. The smallest absolute Gasteiger partial charge is 0.0383 e. The number of nitrogens with two attached hydrogens (primary N) is 1. The van der Waals surface area contributed by atoms with Gasteiger partial charge in [0.15, 0.2) is 0 Å². The summed E-state index contributed by atoms with van der Waals surface area (Å²) in [5.74, 6) is 0. The molecule has 0 bridgehead atoms. The normalized spacial score (nSPS) is 20.5. The Balaban J connectivity index is 2.29. The van der Waals surface area contributed by atoms with E-state index in [1.165, 1.54) is 11.1 Å². The molecule has 0 aromatic heterocycles. The average Bonchev–Trinajstić information content (AvgIpc) is 2.29. The highest BCUT2D eigenvalue weighted by Gasteiger charge is 2.20. The van der Waals surface area contributed by atoms with Crippen LogP contribution < -0.4 is 11.1 Å². The Morgan fingerprint density at radius 1 is 1.50 bits per heavy atom. The maximum absolute atomic E-state index is 6.08. The molecular weight excluding hydrogens is 196 g/mol. The van der Waals surface area contributed by atoms with Crippen LogP contribution in [-0.4, -0.2) is 6.04 Å². The fraction of sp³-hybridized carbons (Fsp3) is 0.429. The fourth-order valence-corrected chi connectivity index (χ4v) is 2.21. The van der Waals surface area contributed by atoms with Gasteiger partial charge in [-0.15, -0.1) is 0 Å². The van der Waals surface area contributed by atoms with Gasteiger partial charge in [0, 0.05) is 17.8 Å². The Hall–Kier alpha value is -1.28. The van der Waals surface area contributed by atoms with Crippen molar-refractivity contribution in [3.8, 4) is 0 Å². The lowest BCUT2D eigenvalue weighted by Crippen LogP contribution is -2.31. The zero-order chi connectivity index (χ0) is 11.5. The van der Waals surface area contributed by atoms with Crippen molar-refractivity contribution in [3.05, 3.63) is 35.4 Å². The monoisotopic (exact) mass is 216 g/mol. The number of anilines is 1. The number of rotatable bonds is 3. The molecule has 0 heterocycles. The van der Waals surface area contributed by atoms with Gasteiger partial charge in [0.2, 0.25) is 0 Å². The quantitative estimate of drug-likeness (QED) is 0.762. The molecule has 0 fully saturated rings. The second-order valence-corrected chi connectivity index (χ2v) is 4.52. The third-order valence-electron chi connectivity index (χ3n) is 3.29. The average molecular weight is 216 g/mol. The van der Waals surface area contributed by atoms with E-state index in [2.05, 4.69) is 37.4 Å². The van der Waals surface area contributed by atoms with E-state index in [0.29, 0.717) is 12.1 Å². The molecule has 0 spiro atoms. The van der Waals surface area contributed by atoms with Crippen molar-refractivity contribution in [2.45, 2.75) is 38.8 Å². The van der Waals surface area contributed by atoms with Crippen LogP contribution in [0.1, 0.15) is 43.9 Å². The van der Waals surface area contributed by atoms with Crippen LogP contribution >= 0.6 is 0 Å². The van der Waals surface area contributed by atoms with E-state index < -0.39 is 0 Å². The van der Waals surface area contributed by atoms with Gasteiger partial charge in [0.25, 0.3) is 0 Å². The van der Waals surface area contributed by atoms with E-state index in [1.807, 2.05) is 12.1 Å². The molecule has 1 aliphatic rings. The molecule has 3 N–H and O–H groups in total. The van der Waals surface area contributed by atoms with Gasteiger partial charge in [0.05, 0.1) is 0 Å². The van der Waals surface area contributed by atoms with Crippen LogP contribution in [0.15, 0.2) is 24.3 Å². The third-order valence-corrected chi connectivity index (χ3v) is 3.29. The van der Waals surface area contributed by atoms with E-state index >= 15 is 0 Å². The maximum Gasteiger partial charge on any atom is 0.0383 e. The Labute approximate surface area is 97.5 Å². The van der Waals surface area contributed by atoms with Crippen LogP contribution in [0, 0.1) is 0 Å². The van der Waals surface area contributed by atoms with Gasteiger partial charge in [-0.2, -0.15) is 0 Å². The molecule has 1 aromatic rings. The van der Waals surface area contributed by atoms with Gasteiger partial charge in [-0.05, 0) is 37.0 Å². The summed E-state index contributed by atoms with van der Waals surface area (Å²) in [6, 6.07) is 7.04. The summed E-state index contributed by atoms with van der Waals surface area (Å²) in [6.07, 6.45) is 6.57. The Bertz CT molecular complexity index is 396. The van der Waals surface area contributed by atoms with E-state index in [1.54, 1.807) is 0 Å². The van der Waals surface area contributed by atoms with Gasteiger partial charge in [0.1, 0.15) is 0 Å². The highest BCUT2D eigenvalue weighted by Crippen LogP contribution is 2.32. The molecule has 0 saturated carbocycles. The van der Waals surface area contributed by atoms with Crippen LogP contribution in [0.3, 0.4) is 0 Å². The largest absolute Gasteiger partial charge is 0.398 e. The molecule has 2 rings (SSSR count). The molecule has 2 atom stereocenters. The van der Waals surface area contributed by atoms with E-state index in [0.717, 1.165) is 18.5 Å². The Morgan fingerprint density at radius 2 is 2.31 bits per heavy atom. The summed E-state index contributed by atoms with van der Waals surface area (Å²) in [5.41, 5.74) is 9.51. The van der Waals surface area contributed by atoms with Gasteiger partial charge in [-0.3, -0.25) is 0 Å². The first kappa shape index (κ1) is 11.2. The van der Waals surface area contributed by atoms with Crippen LogP contribution in [0.25, 0.3) is 6.08 Å². The summed E-state index contributed by atoms with van der Waals surface area (Å²) in [4.78, 5) is 0. The predicted octanol–water partition coefficient (Wildman–Crippen LogP) is 3.11. The van der Waals surface area contributed by atoms with E-state index in [9.17, 15) is 0 Å². The van der Waals surface area contributed by atoms with Gasteiger partial charge < -0.3 is 11.1 Å². The number of hydrogen-bond acceptors (Lipinski definition) is 2. The predicted molar refractivity (Wildman–Crippen MR) is 70.1 cm³/mol. The summed E-state index contributed by atoms with van der Waals surface area (Å²) in [5, 5.41) is 3.63. The van der Waals surface area contributed by atoms with E-state index in [-0.39, 0.29) is 0 Å². The molecule has 2 unspecified atom stereocenters. The number of fused-ring (bicyclic) bond motifs is 1. The molecular formula is C14H20N2. The minimum Gasteiger partial charge on any atom is -0.398 e. The molecule has 16 heavy (non-hydrogen) atoms. The number of nitrogen functional groups attached to an aromatic ring is 1. The van der Waals surface area contributed by atoms with Crippen LogP contribution in [-0.2, 0) is 0 Å². The van der Waals surface area contributed by atoms with Gasteiger partial charge in [-0.1, -0.05) is 31.2 Å². The maximum atomic E-state index is 6.08. The van der Waals surface area contributed by atoms with E-state index in [4.69, 9.17) is 5.73 Å². The lowest BCUT2D eigenvalue weighted by Gasteiger charge is -2.27. The second kappa shape index (κ2) is 4.71. The first-order valence-electron chi connectivity index (χ1n) is 6.03. The second-order valence-electron chi connectivity index (χ2n) is 4.52. The van der Waals surface area contributed by atoms with Crippen molar-refractivity contribution >= 4 is 11.8 Å². The molecule has 0 radical (unpaired) electrons. The van der Waals surface area contributed by atoms with Crippen LogP contribution in [0.2, 0.25) is 0 Å². The van der Waals surface area contributed by atoms with Crippen molar-refractivity contribution in [2.75, 3.05) is 5.73 Å². The van der Waals surface area contributed by atoms with Crippen molar-refractivity contribution in [2.24, 2.45) is 0 Å². The minimum absolute atomic E-state index is 0.371. The van der Waals surface area contributed by atoms with Gasteiger partial charge in [-0.25, -0.2) is 0 Å².